The van der Waals surface area contributed by atoms with E-state index in [1.165, 1.54) is 11.1 Å². The van der Waals surface area contributed by atoms with Crippen LogP contribution in [0.1, 0.15) is 56.9 Å². The van der Waals surface area contributed by atoms with E-state index < -0.39 is 5.60 Å². The zero-order chi connectivity index (χ0) is 18.2. The first-order chi connectivity index (χ1) is 11.7. The topological polar surface area (TPSA) is 46.8 Å². The van der Waals surface area contributed by atoms with Gasteiger partial charge in [-0.15, -0.1) is 0 Å². The van der Waals surface area contributed by atoms with Gasteiger partial charge in [0, 0.05) is 31.4 Å². The van der Waals surface area contributed by atoms with E-state index in [4.69, 9.17) is 9.72 Å². The Kier molecular flexibility index (Phi) is 4.76. The Morgan fingerprint density at radius 2 is 2.04 bits per heavy atom. The van der Waals surface area contributed by atoms with E-state index in [-0.39, 0.29) is 12.1 Å². The van der Waals surface area contributed by atoms with E-state index in [1.54, 1.807) is 0 Å². The van der Waals surface area contributed by atoms with Gasteiger partial charge in [-0.3, -0.25) is 0 Å². The van der Waals surface area contributed by atoms with Gasteiger partial charge in [0.2, 0.25) is 0 Å². The lowest BCUT2D eigenvalue weighted by atomic mass is 9.98. The summed E-state index contributed by atoms with van der Waals surface area (Å²) in [4.78, 5) is 19.3. The van der Waals surface area contributed by atoms with Crippen LogP contribution in [0.25, 0.3) is 5.65 Å². The molecule has 0 aromatic carbocycles. The monoisotopic (exact) mass is 343 g/mol. The van der Waals surface area contributed by atoms with Crippen molar-refractivity contribution < 1.29 is 9.53 Å². The fraction of sp³-hybridized carbons (Fsp3) is 0.600. The molecule has 2 aromatic rings. The molecular weight excluding hydrogens is 314 g/mol. The second kappa shape index (κ2) is 6.70. The molecule has 0 aliphatic carbocycles. The number of hydrogen-bond acceptors (Lipinski definition) is 3. The Labute approximate surface area is 150 Å². The molecule has 0 N–H and O–H groups in total. The Hall–Kier alpha value is -2.04. The van der Waals surface area contributed by atoms with Gasteiger partial charge in [0.1, 0.15) is 11.2 Å². The lowest BCUT2D eigenvalue weighted by Crippen LogP contribution is -2.47. The zero-order valence-electron chi connectivity index (χ0n) is 16.0. The van der Waals surface area contributed by atoms with Crippen LogP contribution in [-0.2, 0) is 11.2 Å². The number of piperidine rings is 1. The standard InChI is InChI=1S/C20H29N3O2/c1-14-10-15(2)18-21-16(13-22(18)12-14)11-17-8-6-7-9-23(17)19(24)25-20(3,4)5/h10,12-13,17H,6-9,11H2,1-5H3. The van der Waals surface area contributed by atoms with Crippen LogP contribution in [0.3, 0.4) is 0 Å². The number of aryl methyl sites for hydroxylation is 2. The van der Waals surface area contributed by atoms with Crippen molar-refractivity contribution in [1.29, 1.82) is 0 Å². The van der Waals surface area contributed by atoms with Gasteiger partial charge >= 0.3 is 6.09 Å². The molecule has 1 aliphatic rings. The van der Waals surface area contributed by atoms with Crippen LogP contribution in [-0.4, -0.2) is 38.6 Å². The molecule has 5 heteroatoms. The molecule has 2 aromatic heterocycles. The number of likely N-dealkylation sites (tertiary alicyclic amines) is 1. The Morgan fingerprint density at radius 1 is 1.28 bits per heavy atom. The summed E-state index contributed by atoms with van der Waals surface area (Å²) in [5.41, 5.74) is 3.98. The third-order valence-electron chi connectivity index (χ3n) is 4.62. The number of fused-ring (bicyclic) bond motifs is 1. The molecule has 3 heterocycles. The van der Waals surface area contributed by atoms with Gasteiger partial charge in [-0.2, -0.15) is 0 Å². The van der Waals surface area contributed by atoms with Gasteiger partial charge < -0.3 is 14.0 Å². The highest BCUT2D eigenvalue weighted by atomic mass is 16.6. The normalized spacial score (nSPS) is 18.6. The molecule has 3 rings (SSSR count). The summed E-state index contributed by atoms with van der Waals surface area (Å²) in [6.45, 7) is 10.7. The molecule has 1 atom stereocenters. The molecule has 1 aliphatic heterocycles. The molecular formula is C20H29N3O2. The maximum absolute atomic E-state index is 12.6. The molecule has 1 saturated heterocycles. The van der Waals surface area contributed by atoms with E-state index in [2.05, 4.69) is 36.7 Å². The largest absolute Gasteiger partial charge is 0.444 e. The fourth-order valence-electron chi connectivity index (χ4n) is 3.61. The smallest absolute Gasteiger partial charge is 0.410 e. The minimum Gasteiger partial charge on any atom is -0.444 e. The predicted molar refractivity (Wildman–Crippen MR) is 98.9 cm³/mol. The van der Waals surface area contributed by atoms with Crippen molar-refractivity contribution in [3.05, 3.63) is 35.3 Å². The summed E-state index contributed by atoms with van der Waals surface area (Å²) in [7, 11) is 0. The minimum atomic E-state index is -0.461. The Bertz CT molecular complexity index is 773. The van der Waals surface area contributed by atoms with Gasteiger partial charge in [-0.05, 0) is 65.0 Å². The van der Waals surface area contributed by atoms with Gasteiger partial charge in [0.25, 0.3) is 0 Å². The van der Waals surface area contributed by atoms with Crippen LogP contribution in [0.5, 0.6) is 0 Å². The van der Waals surface area contributed by atoms with Crippen molar-refractivity contribution in [2.45, 2.75) is 71.9 Å². The summed E-state index contributed by atoms with van der Waals surface area (Å²) in [5.74, 6) is 0. The highest BCUT2D eigenvalue weighted by molar-refractivity contribution is 5.68. The van der Waals surface area contributed by atoms with Crippen molar-refractivity contribution in [3.8, 4) is 0 Å². The number of hydrogen-bond donors (Lipinski definition) is 0. The molecule has 25 heavy (non-hydrogen) atoms. The van der Waals surface area contributed by atoms with Gasteiger partial charge in [0.05, 0.1) is 5.69 Å². The summed E-state index contributed by atoms with van der Waals surface area (Å²) in [6.07, 6.45) is 7.97. The van der Waals surface area contributed by atoms with E-state index in [0.29, 0.717) is 0 Å². The number of nitrogens with zero attached hydrogens (tertiary/aromatic N) is 3. The van der Waals surface area contributed by atoms with E-state index in [0.717, 1.165) is 43.6 Å². The molecule has 0 bridgehead atoms. The van der Waals surface area contributed by atoms with Crippen LogP contribution in [0, 0.1) is 13.8 Å². The van der Waals surface area contributed by atoms with Crippen LogP contribution in [0.15, 0.2) is 18.5 Å². The first kappa shape index (κ1) is 17.8. The summed E-state index contributed by atoms with van der Waals surface area (Å²) >= 11 is 0. The van der Waals surface area contributed by atoms with Crippen LogP contribution in [0.2, 0.25) is 0 Å². The second-order valence-electron chi connectivity index (χ2n) is 8.19. The predicted octanol–water partition coefficient (Wildman–Crippen LogP) is 4.28. The van der Waals surface area contributed by atoms with E-state index in [9.17, 15) is 4.79 Å². The summed E-state index contributed by atoms with van der Waals surface area (Å²) in [6, 6.07) is 2.31. The summed E-state index contributed by atoms with van der Waals surface area (Å²) < 4.78 is 7.70. The van der Waals surface area contributed by atoms with E-state index in [1.807, 2.05) is 25.7 Å². The number of carbonyl (C=O) groups excluding carboxylic acids is 1. The van der Waals surface area contributed by atoms with Gasteiger partial charge in [-0.1, -0.05) is 6.07 Å². The number of pyridine rings is 1. The molecule has 5 nitrogen and oxygen atoms in total. The van der Waals surface area contributed by atoms with Crippen LogP contribution in [0.4, 0.5) is 4.79 Å². The third-order valence-corrected chi connectivity index (χ3v) is 4.62. The lowest BCUT2D eigenvalue weighted by molar-refractivity contribution is 0.00986. The molecule has 0 saturated carbocycles. The first-order valence-electron chi connectivity index (χ1n) is 9.17. The molecule has 1 fully saturated rings. The second-order valence-corrected chi connectivity index (χ2v) is 8.19. The highest BCUT2D eigenvalue weighted by Crippen LogP contribution is 2.24. The number of ether oxygens (including phenoxy) is 1. The van der Waals surface area contributed by atoms with Crippen molar-refractivity contribution in [2.75, 3.05) is 6.54 Å². The van der Waals surface area contributed by atoms with Gasteiger partial charge in [-0.25, -0.2) is 9.78 Å². The number of aromatic nitrogens is 2. The van der Waals surface area contributed by atoms with Crippen LogP contribution >= 0.6 is 0 Å². The fourth-order valence-corrected chi connectivity index (χ4v) is 3.61. The summed E-state index contributed by atoms with van der Waals surface area (Å²) in [5, 5.41) is 0. The van der Waals surface area contributed by atoms with Crippen molar-refractivity contribution in [3.63, 3.8) is 0 Å². The number of imidazole rings is 1. The molecule has 1 amide bonds. The quantitative estimate of drug-likeness (QED) is 0.817. The Morgan fingerprint density at radius 3 is 2.76 bits per heavy atom. The minimum absolute atomic E-state index is 0.162. The van der Waals surface area contributed by atoms with Crippen molar-refractivity contribution in [2.24, 2.45) is 0 Å². The SMILES string of the molecule is Cc1cc(C)c2nc(CC3CCCCN3C(=O)OC(C)(C)C)cn2c1. The molecule has 0 radical (unpaired) electrons. The number of rotatable bonds is 2. The van der Waals surface area contributed by atoms with Gasteiger partial charge in [0.15, 0.2) is 0 Å². The zero-order valence-corrected chi connectivity index (χ0v) is 16.0. The maximum atomic E-state index is 12.6. The average molecular weight is 343 g/mol. The van der Waals surface area contributed by atoms with E-state index >= 15 is 0 Å². The molecule has 136 valence electrons. The molecule has 0 spiro atoms. The number of carbonyl (C=O) groups is 1. The average Bonchev–Trinajstić information content (AvgIpc) is 2.88. The van der Waals surface area contributed by atoms with Crippen molar-refractivity contribution >= 4 is 11.7 Å². The highest BCUT2D eigenvalue weighted by Gasteiger charge is 2.31. The van der Waals surface area contributed by atoms with Crippen molar-refractivity contribution in [1.82, 2.24) is 14.3 Å². The Balaban J connectivity index is 1.80. The first-order valence-corrected chi connectivity index (χ1v) is 9.17. The van der Waals surface area contributed by atoms with Crippen LogP contribution < -0.4 is 0 Å². The number of amides is 1. The third kappa shape index (κ3) is 4.14. The molecule has 1 unspecified atom stereocenters. The maximum Gasteiger partial charge on any atom is 0.410 e. The lowest BCUT2D eigenvalue weighted by Gasteiger charge is -2.36.